The number of furan rings is 1. The molecule has 2 aromatic heterocycles. The van der Waals surface area contributed by atoms with Gasteiger partial charge in [-0.05, 0) is 18.2 Å². The van der Waals surface area contributed by atoms with Gasteiger partial charge < -0.3 is 20.2 Å². The highest BCUT2D eigenvalue weighted by atomic mass is 19.4. The molecule has 0 unspecified atom stereocenters. The van der Waals surface area contributed by atoms with Crippen molar-refractivity contribution in [3.05, 3.63) is 58.1 Å². The lowest BCUT2D eigenvalue weighted by Gasteiger charge is -2.44. The number of carbonyl (C=O) groups excluding carboxylic acids is 2. The topological polar surface area (TPSA) is 148 Å². The van der Waals surface area contributed by atoms with E-state index in [4.69, 9.17) is 4.42 Å². The first-order chi connectivity index (χ1) is 13.0. The lowest BCUT2D eigenvalue weighted by molar-refractivity contribution is -0.402. The first-order valence-corrected chi connectivity index (χ1v) is 7.60. The molecule has 0 spiro atoms. The summed E-state index contributed by atoms with van der Waals surface area (Å²) in [5.41, 5.74) is -4.24. The maximum Gasteiger partial charge on any atom is 0.437 e. The number of nitrogens with one attached hydrogen (secondary N) is 2. The second kappa shape index (κ2) is 6.60. The fourth-order valence-electron chi connectivity index (χ4n) is 2.87. The van der Waals surface area contributed by atoms with Crippen molar-refractivity contribution in [3.8, 4) is 0 Å². The van der Waals surface area contributed by atoms with E-state index in [2.05, 4.69) is 4.98 Å². The van der Waals surface area contributed by atoms with E-state index in [1.807, 2.05) is 5.32 Å². The molecule has 1 aliphatic rings. The van der Waals surface area contributed by atoms with Crippen LogP contribution < -0.4 is 10.6 Å². The van der Waals surface area contributed by atoms with Crippen molar-refractivity contribution in [3.63, 3.8) is 0 Å². The third-order valence-electron chi connectivity index (χ3n) is 4.13. The van der Waals surface area contributed by atoms with Gasteiger partial charge in [0.2, 0.25) is 5.72 Å². The van der Waals surface area contributed by atoms with Gasteiger partial charge >= 0.3 is 18.1 Å². The van der Waals surface area contributed by atoms with Gasteiger partial charge in [0.1, 0.15) is 22.6 Å². The Hall–Kier alpha value is -3.48. The van der Waals surface area contributed by atoms with Crippen LogP contribution in [0, 0.1) is 16.0 Å². The van der Waals surface area contributed by atoms with Gasteiger partial charge in [0, 0.05) is 18.0 Å². The van der Waals surface area contributed by atoms with Crippen molar-refractivity contribution in [2.45, 2.75) is 17.9 Å². The number of amides is 2. The summed E-state index contributed by atoms with van der Waals surface area (Å²) in [6.07, 6.45) is -3.19. The molecule has 2 amide bonds. The van der Waals surface area contributed by atoms with Crippen molar-refractivity contribution in [1.82, 2.24) is 15.6 Å². The molecular formula is C15H11F3N4O6. The molecule has 28 heavy (non-hydrogen) atoms. The second-order valence-corrected chi connectivity index (χ2v) is 5.86. The van der Waals surface area contributed by atoms with Crippen LogP contribution in [0.25, 0.3) is 0 Å². The summed E-state index contributed by atoms with van der Waals surface area (Å²) in [5.74, 6) is -4.90. The van der Waals surface area contributed by atoms with Gasteiger partial charge in [0.15, 0.2) is 5.78 Å². The van der Waals surface area contributed by atoms with Gasteiger partial charge in [-0.1, -0.05) is 0 Å². The number of rotatable bonds is 4. The van der Waals surface area contributed by atoms with Crippen LogP contribution in [-0.4, -0.2) is 38.7 Å². The number of ketones is 1. The molecule has 3 heterocycles. The zero-order valence-electron chi connectivity index (χ0n) is 13.6. The molecular weight excluding hydrogens is 389 g/mol. The number of hydrogen-bond acceptors (Lipinski definition) is 7. The molecule has 10 nitrogen and oxygen atoms in total. The van der Waals surface area contributed by atoms with Crippen molar-refractivity contribution in [2.24, 2.45) is 5.92 Å². The number of carbonyl (C=O) groups is 2. The van der Waals surface area contributed by atoms with Crippen molar-refractivity contribution in [1.29, 1.82) is 0 Å². The number of alkyl halides is 3. The largest absolute Gasteiger partial charge is 0.437 e. The van der Waals surface area contributed by atoms with E-state index in [0.29, 0.717) is 0 Å². The second-order valence-electron chi connectivity index (χ2n) is 5.86. The van der Waals surface area contributed by atoms with Gasteiger partial charge in [0.25, 0.3) is 0 Å². The number of nitro groups is 1. The van der Waals surface area contributed by atoms with Gasteiger partial charge in [-0.2, -0.15) is 13.2 Å². The smallest absolute Gasteiger partial charge is 0.404 e. The van der Waals surface area contributed by atoms with Crippen LogP contribution in [0.2, 0.25) is 0 Å². The predicted octanol–water partition coefficient (Wildman–Crippen LogP) is 1.69. The number of aromatic nitrogens is 1. The Bertz CT molecular complexity index is 931. The van der Waals surface area contributed by atoms with Crippen LogP contribution in [0.1, 0.15) is 22.2 Å². The monoisotopic (exact) mass is 400 g/mol. The fraction of sp³-hybridized carbons (Fsp3) is 0.267. The number of pyridine rings is 1. The van der Waals surface area contributed by atoms with Gasteiger partial charge in [-0.15, -0.1) is 0 Å². The zero-order valence-corrected chi connectivity index (χ0v) is 13.6. The first kappa shape index (κ1) is 19.3. The molecule has 3 N–H and O–H groups in total. The van der Waals surface area contributed by atoms with E-state index in [0.717, 1.165) is 18.3 Å². The Labute approximate surface area is 153 Å². The SMILES string of the molecule is O=C1N[C@H](c2ccc([N+](=O)[O-])o2)[C@@H](C(=O)c2cccnc2)[C@@](O)(C(F)(F)F)N1. The van der Waals surface area contributed by atoms with E-state index in [1.54, 1.807) is 0 Å². The van der Waals surface area contributed by atoms with Crippen molar-refractivity contribution in [2.75, 3.05) is 0 Å². The molecule has 2 aromatic rings. The zero-order chi connectivity index (χ0) is 20.7. The Morgan fingerprint density at radius 2 is 2.07 bits per heavy atom. The maximum absolute atomic E-state index is 13.6. The Balaban J connectivity index is 2.15. The van der Waals surface area contributed by atoms with Crippen LogP contribution in [0.4, 0.5) is 23.8 Å². The molecule has 0 radical (unpaired) electrons. The van der Waals surface area contributed by atoms with Crippen LogP contribution in [0.3, 0.4) is 0 Å². The molecule has 1 fully saturated rings. The minimum atomic E-state index is -5.45. The third kappa shape index (κ3) is 3.15. The number of urea groups is 1. The number of nitrogens with zero attached hydrogens (tertiary/aromatic N) is 2. The highest BCUT2D eigenvalue weighted by molar-refractivity contribution is 6.00. The van der Waals surface area contributed by atoms with Gasteiger partial charge in [0.05, 0.1) is 6.07 Å². The average molecular weight is 400 g/mol. The molecule has 3 atom stereocenters. The highest BCUT2D eigenvalue weighted by Gasteiger charge is 2.67. The van der Waals surface area contributed by atoms with Gasteiger partial charge in [-0.3, -0.25) is 19.9 Å². The predicted molar refractivity (Wildman–Crippen MR) is 82.8 cm³/mol. The third-order valence-corrected chi connectivity index (χ3v) is 4.13. The number of Topliss-reactive ketones (excluding diaryl/α,β-unsaturated/α-hetero) is 1. The molecule has 1 saturated heterocycles. The number of aliphatic hydroxyl groups is 1. The van der Waals surface area contributed by atoms with Crippen LogP contribution in [0.5, 0.6) is 0 Å². The summed E-state index contributed by atoms with van der Waals surface area (Å²) < 4.78 is 45.8. The molecule has 13 heteroatoms. The summed E-state index contributed by atoms with van der Waals surface area (Å²) >= 11 is 0. The summed E-state index contributed by atoms with van der Waals surface area (Å²) in [6.45, 7) is 0. The van der Waals surface area contributed by atoms with E-state index < -0.39 is 52.2 Å². The minimum Gasteiger partial charge on any atom is -0.404 e. The maximum atomic E-state index is 13.6. The normalized spacial score (nSPS) is 24.9. The molecule has 0 aliphatic carbocycles. The number of halogens is 3. The lowest BCUT2D eigenvalue weighted by Crippen LogP contribution is -2.72. The van der Waals surface area contributed by atoms with E-state index in [1.165, 1.54) is 23.6 Å². The van der Waals surface area contributed by atoms with E-state index in [9.17, 15) is 38.0 Å². The van der Waals surface area contributed by atoms with Crippen LogP contribution in [-0.2, 0) is 0 Å². The molecule has 1 aliphatic heterocycles. The molecule has 3 rings (SSSR count). The molecule has 148 valence electrons. The van der Waals surface area contributed by atoms with Gasteiger partial charge in [-0.25, -0.2) is 4.79 Å². The Kier molecular flexibility index (Phi) is 4.54. The Morgan fingerprint density at radius 3 is 2.61 bits per heavy atom. The standard InChI is InChI=1S/C15H11F3N4O6/c16-15(17,18)14(25)10(12(23)7-2-1-5-19-6-7)11(20-13(24)21-14)8-3-4-9(28-8)22(26)27/h1-6,10-11,25H,(H2,20,21,24)/t10-,11+,14+/m0/s1. The Morgan fingerprint density at radius 1 is 1.36 bits per heavy atom. The first-order valence-electron chi connectivity index (χ1n) is 7.60. The fourth-order valence-corrected chi connectivity index (χ4v) is 2.87. The minimum absolute atomic E-state index is 0.279. The average Bonchev–Trinajstić information content (AvgIpc) is 3.11. The summed E-state index contributed by atoms with van der Waals surface area (Å²) in [7, 11) is 0. The summed E-state index contributed by atoms with van der Waals surface area (Å²) in [6, 6.07) is 0.961. The lowest BCUT2D eigenvalue weighted by atomic mass is 9.79. The quantitative estimate of drug-likeness (QED) is 0.402. The summed E-state index contributed by atoms with van der Waals surface area (Å²) in [5, 5.41) is 24.5. The van der Waals surface area contributed by atoms with Crippen molar-refractivity contribution < 1.29 is 37.2 Å². The highest BCUT2D eigenvalue weighted by Crippen LogP contribution is 2.44. The van der Waals surface area contributed by atoms with E-state index in [-0.39, 0.29) is 5.56 Å². The molecule has 0 bridgehead atoms. The molecule has 0 saturated carbocycles. The summed E-state index contributed by atoms with van der Waals surface area (Å²) in [4.78, 5) is 38.1. The van der Waals surface area contributed by atoms with E-state index >= 15 is 0 Å². The molecule has 0 aromatic carbocycles. The van der Waals surface area contributed by atoms with Crippen LogP contribution in [0.15, 0.2) is 41.1 Å². The number of hydrogen-bond donors (Lipinski definition) is 3. The van der Waals surface area contributed by atoms with Crippen molar-refractivity contribution >= 4 is 17.7 Å². The van der Waals surface area contributed by atoms with Crippen LogP contribution >= 0.6 is 0 Å².